The Hall–Kier alpha value is -1.91. The molecule has 8 nitrogen and oxygen atoms in total. The van der Waals surface area contributed by atoms with Crippen LogP contribution in [0.5, 0.6) is 0 Å². The van der Waals surface area contributed by atoms with Gasteiger partial charge in [0.25, 0.3) is 5.91 Å². The fourth-order valence-electron chi connectivity index (χ4n) is 2.51. The molecule has 1 aliphatic rings. The molecule has 0 atom stereocenters. The molecule has 0 spiro atoms. The van der Waals surface area contributed by atoms with Crippen LogP contribution < -0.4 is 5.32 Å². The average Bonchev–Trinajstić information content (AvgIpc) is 3.28. The van der Waals surface area contributed by atoms with Crippen molar-refractivity contribution in [3.8, 4) is 0 Å². The lowest BCUT2D eigenvalue weighted by molar-refractivity contribution is 0.102. The van der Waals surface area contributed by atoms with Crippen LogP contribution in [0.2, 0.25) is 0 Å². The summed E-state index contributed by atoms with van der Waals surface area (Å²) in [6.07, 6.45) is 3.66. The zero-order valence-electron chi connectivity index (χ0n) is 13.6. The number of hydrogen-bond acceptors (Lipinski definition) is 7. The Labute approximate surface area is 150 Å². The number of rotatable bonds is 6. The highest BCUT2D eigenvalue weighted by atomic mass is 32.2. The van der Waals surface area contributed by atoms with Crippen LogP contribution in [-0.2, 0) is 15.8 Å². The number of hydrogen-bond donors (Lipinski definition) is 1. The summed E-state index contributed by atoms with van der Waals surface area (Å²) in [6, 6.07) is 5.84. The highest BCUT2D eigenvalue weighted by molar-refractivity contribution is 7.97. The lowest BCUT2D eigenvalue weighted by Crippen LogP contribution is -2.27. The van der Waals surface area contributed by atoms with Crippen LogP contribution in [0.15, 0.2) is 33.6 Å². The van der Waals surface area contributed by atoms with Crippen molar-refractivity contribution in [2.45, 2.75) is 23.5 Å². The summed E-state index contributed by atoms with van der Waals surface area (Å²) in [6.45, 7) is 1.08. The van der Waals surface area contributed by atoms with E-state index in [0.717, 1.165) is 12.8 Å². The predicted octanol–water partition coefficient (Wildman–Crippen LogP) is 1.97. The molecule has 1 fully saturated rings. The Morgan fingerprint density at radius 1 is 1.24 bits per heavy atom. The SMILES string of the molecule is CSCc1nnc(NC(=O)c2ccc(S(=O)(=O)N3CCCC3)cc2)o1. The minimum absolute atomic E-state index is 0.0165. The van der Waals surface area contributed by atoms with E-state index in [4.69, 9.17) is 4.42 Å². The van der Waals surface area contributed by atoms with Gasteiger partial charge in [-0.25, -0.2) is 8.42 Å². The van der Waals surface area contributed by atoms with Gasteiger partial charge < -0.3 is 4.42 Å². The maximum Gasteiger partial charge on any atom is 0.322 e. The van der Waals surface area contributed by atoms with E-state index in [1.54, 1.807) is 0 Å². The second-order valence-electron chi connectivity index (χ2n) is 5.52. The summed E-state index contributed by atoms with van der Waals surface area (Å²) >= 11 is 1.53. The Kier molecular flexibility index (Phi) is 5.40. The lowest BCUT2D eigenvalue weighted by Gasteiger charge is -2.15. The second kappa shape index (κ2) is 7.54. The zero-order chi connectivity index (χ0) is 17.9. The number of nitrogens with one attached hydrogen (secondary N) is 1. The number of benzene rings is 1. The molecule has 0 bridgehead atoms. The van der Waals surface area contributed by atoms with E-state index < -0.39 is 15.9 Å². The number of nitrogens with zero attached hydrogens (tertiary/aromatic N) is 3. The quantitative estimate of drug-likeness (QED) is 0.814. The molecular formula is C15H18N4O4S2. The Balaban J connectivity index is 1.69. The summed E-state index contributed by atoms with van der Waals surface area (Å²) in [5.41, 5.74) is 0.310. The van der Waals surface area contributed by atoms with Gasteiger partial charge in [-0.3, -0.25) is 10.1 Å². The van der Waals surface area contributed by atoms with E-state index in [9.17, 15) is 13.2 Å². The molecule has 0 aliphatic carbocycles. The van der Waals surface area contributed by atoms with Gasteiger partial charge in [0.1, 0.15) is 0 Å². The molecule has 1 aromatic carbocycles. The maximum atomic E-state index is 12.5. The number of anilines is 1. The van der Waals surface area contributed by atoms with Gasteiger partial charge in [-0.2, -0.15) is 16.1 Å². The number of thioether (sulfide) groups is 1. The van der Waals surface area contributed by atoms with Crippen molar-refractivity contribution in [2.24, 2.45) is 0 Å². The van der Waals surface area contributed by atoms with Crippen LogP contribution in [0.4, 0.5) is 6.01 Å². The summed E-state index contributed by atoms with van der Waals surface area (Å²) < 4.78 is 31.7. The first-order valence-electron chi connectivity index (χ1n) is 7.73. The van der Waals surface area contributed by atoms with Crippen molar-refractivity contribution < 1.29 is 17.6 Å². The van der Waals surface area contributed by atoms with Crippen molar-refractivity contribution >= 4 is 33.7 Å². The molecule has 0 unspecified atom stereocenters. The predicted molar refractivity (Wildman–Crippen MR) is 93.9 cm³/mol. The fourth-order valence-corrected chi connectivity index (χ4v) is 4.39. The summed E-state index contributed by atoms with van der Waals surface area (Å²) in [5.74, 6) is 0.547. The number of amides is 1. The van der Waals surface area contributed by atoms with Gasteiger partial charge in [-0.1, -0.05) is 5.10 Å². The lowest BCUT2D eigenvalue weighted by atomic mass is 10.2. The Morgan fingerprint density at radius 3 is 2.56 bits per heavy atom. The molecule has 0 saturated carbocycles. The van der Waals surface area contributed by atoms with Gasteiger partial charge in [0.05, 0.1) is 10.6 Å². The van der Waals surface area contributed by atoms with Crippen molar-refractivity contribution in [3.05, 3.63) is 35.7 Å². The number of sulfonamides is 1. The van der Waals surface area contributed by atoms with Gasteiger partial charge in [0.15, 0.2) is 0 Å². The molecule has 1 amide bonds. The number of aromatic nitrogens is 2. The third-order valence-electron chi connectivity index (χ3n) is 3.77. The fraction of sp³-hybridized carbons (Fsp3) is 0.400. The molecule has 2 aromatic rings. The minimum Gasteiger partial charge on any atom is -0.407 e. The zero-order valence-corrected chi connectivity index (χ0v) is 15.3. The van der Waals surface area contributed by atoms with Crippen LogP contribution >= 0.6 is 11.8 Å². The van der Waals surface area contributed by atoms with E-state index in [2.05, 4.69) is 15.5 Å². The molecule has 1 aromatic heterocycles. The topological polar surface area (TPSA) is 105 Å². The van der Waals surface area contributed by atoms with E-state index in [-0.39, 0.29) is 10.9 Å². The second-order valence-corrected chi connectivity index (χ2v) is 8.33. The molecule has 0 radical (unpaired) electrons. The summed E-state index contributed by atoms with van der Waals surface area (Å²) in [4.78, 5) is 12.4. The number of carbonyl (C=O) groups excluding carboxylic acids is 1. The van der Waals surface area contributed by atoms with Crippen molar-refractivity contribution in [3.63, 3.8) is 0 Å². The van der Waals surface area contributed by atoms with Crippen molar-refractivity contribution in [2.75, 3.05) is 24.7 Å². The van der Waals surface area contributed by atoms with Gasteiger partial charge in [-0.05, 0) is 43.4 Å². The first-order valence-corrected chi connectivity index (χ1v) is 10.6. The van der Waals surface area contributed by atoms with Crippen LogP contribution in [0.25, 0.3) is 0 Å². The smallest absolute Gasteiger partial charge is 0.322 e. The molecule has 1 aliphatic heterocycles. The van der Waals surface area contributed by atoms with Gasteiger partial charge in [-0.15, -0.1) is 5.10 Å². The third-order valence-corrected chi connectivity index (χ3v) is 6.22. The average molecular weight is 382 g/mol. The van der Waals surface area contributed by atoms with E-state index in [0.29, 0.717) is 30.3 Å². The monoisotopic (exact) mass is 382 g/mol. The highest BCUT2D eigenvalue weighted by Gasteiger charge is 2.27. The summed E-state index contributed by atoms with van der Waals surface area (Å²) in [7, 11) is -3.48. The molecule has 10 heteroatoms. The van der Waals surface area contributed by atoms with Gasteiger partial charge >= 0.3 is 6.01 Å². The molecule has 2 heterocycles. The third kappa shape index (κ3) is 4.02. The van der Waals surface area contributed by atoms with Gasteiger partial charge in [0.2, 0.25) is 15.9 Å². The Morgan fingerprint density at radius 2 is 1.92 bits per heavy atom. The number of carbonyl (C=O) groups is 1. The molecule has 25 heavy (non-hydrogen) atoms. The van der Waals surface area contributed by atoms with E-state index in [1.165, 1.54) is 40.3 Å². The first kappa shape index (κ1) is 17.9. The van der Waals surface area contributed by atoms with E-state index >= 15 is 0 Å². The molecular weight excluding hydrogens is 364 g/mol. The van der Waals surface area contributed by atoms with Gasteiger partial charge in [0, 0.05) is 18.7 Å². The standard InChI is InChI=1S/C15H18N4O4S2/c1-24-10-13-17-18-15(23-13)16-14(20)11-4-6-12(7-5-11)25(21,22)19-8-2-3-9-19/h4-7H,2-3,8-10H2,1H3,(H,16,18,20). The Bertz CT molecular complexity index is 843. The molecule has 134 valence electrons. The normalized spacial score (nSPS) is 15.4. The van der Waals surface area contributed by atoms with Crippen LogP contribution in [0.3, 0.4) is 0 Å². The van der Waals surface area contributed by atoms with Crippen molar-refractivity contribution in [1.82, 2.24) is 14.5 Å². The molecule has 1 N–H and O–H groups in total. The van der Waals surface area contributed by atoms with Crippen molar-refractivity contribution in [1.29, 1.82) is 0 Å². The first-order chi connectivity index (χ1) is 12.0. The maximum absolute atomic E-state index is 12.5. The molecule has 1 saturated heterocycles. The van der Waals surface area contributed by atoms with Crippen LogP contribution in [0.1, 0.15) is 29.1 Å². The van der Waals surface area contributed by atoms with Crippen LogP contribution in [-0.4, -0.2) is 48.2 Å². The largest absolute Gasteiger partial charge is 0.407 e. The van der Waals surface area contributed by atoms with Crippen LogP contribution in [0, 0.1) is 0 Å². The minimum atomic E-state index is -3.48. The highest BCUT2D eigenvalue weighted by Crippen LogP contribution is 2.21. The molecule has 3 rings (SSSR count). The summed E-state index contributed by atoms with van der Waals surface area (Å²) in [5, 5.41) is 10.1. The van der Waals surface area contributed by atoms with E-state index in [1.807, 2.05) is 6.26 Å².